The van der Waals surface area contributed by atoms with Gasteiger partial charge in [-0.25, -0.2) is 9.67 Å². The molecule has 0 bridgehead atoms. The van der Waals surface area contributed by atoms with E-state index in [1.54, 1.807) is 19.3 Å². The Kier molecular flexibility index (Phi) is 5.13. The number of H-pyrrole nitrogens is 1. The van der Waals surface area contributed by atoms with Gasteiger partial charge in [-0.2, -0.15) is 5.10 Å². The van der Waals surface area contributed by atoms with Crippen LogP contribution in [-0.2, 0) is 11.8 Å². The Balaban J connectivity index is 1.52. The van der Waals surface area contributed by atoms with E-state index in [0.717, 1.165) is 11.4 Å². The molecule has 1 unspecified atom stereocenters. The summed E-state index contributed by atoms with van der Waals surface area (Å²) >= 11 is 0. The van der Waals surface area contributed by atoms with E-state index >= 15 is 0 Å². The van der Waals surface area contributed by atoms with Crippen molar-refractivity contribution in [3.63, 3.8) is 0 Å². The molecule has 0 aromatic carbocycles. The number of nitrogens with one attached hydrogen (secondary N) is 2. The zero-order valence-electron chi connectivity index (χ0n) is 14.4. The van der Waals surface area contributed by atoms with Crippen LogP contribution in [0.5, 0.6) is 0 Å². The summed E-state index contributed by atoms with van der Waals surface area (Å²) in [6.45, 7) is 4.25. The van der Waals surface area contributed by atoms with Crippen LogP contribution in [0.3, 0.4) is 0 Å². The van der Waals surface area contributed by atoms with Gasteiger partial charge in [0.25, 0.3) is 11.5 Å². The van der Waals surface area contributed by atoms with Crippen molar-refractivity contribution in [1.29, 1.82) is 0 Å². The number of imidazole rings is 1. The molecule has 1 aliphatic heterocycles. The largest absolute Gasteiger partial charge is 0.374 e. The van der Waals surface area contributed by atoms with Crippen LogP contribution in [0.15, 0.2) is 23.4 Å². The number of aromatic amines is 1. The second kappa shape index (κ2) is 7.47. The molecule has 1 atom stereocenters. The predicted molar refractivity (Wildman–Crippen MR) is 91.7 cm³/mol. The number of ether oxygens (including phenoxy) is 1. The molecule has 25 heavy (non-hydrogen) atoms. The van der Waals surface area contributed by atoms with Crippen molar-refractivity contribution in [1.82, 2.24) is 25.1 Å². The molecule has 3 rings (SSSR count). The minimum Gasteiger partial charge on any atom is -0.374 e. The maximum Gasteiger partial charge on any atom is 0.271 e. The van der Waals surface area contributed by atoms with Crippen LogP contribution < -0.4 is 15.8 Å². The lowest BCUT2D eigenvalue weighted by molar-refractivity contribution is 0.0353. The van der Waals surface area contributed by atoms with Crippen molar-refractivity contribution in [3.8, 4) is 0 Å². The number of nitrogens with zero attached hydrogens (tertiary/aromatic N) is 4. The maximum atomic E-state index is 12.0. The van der Waals surface area contributed by atoms with E-state index in [1.165, 1.54) is 11.0 Å². The summed E-state index contributed by atoms with van der Waals surface area (Å²) in [5.74, 6) is -0.192. The van der Waals surface area contributed by atoms with Gasteiger partial charge in [-0.3, -0.25) is 9.59 Å². The molecule has 2 aromatic rings. The molecule has 1 saturated heterocycles. The Morgan fingerprint density at radius 2 is 2.36 bits per heavy atom. The predicted octanol–water partition coefficient (Wildman–Crippen LogP) is -0.163. The molecular formula is C16H22N6O3. The summed E-state index contributed by atoms with van der Waals surface area (Å²) in [4.78, 5) is 32.7. The second-order valence-corrected chi connectivity index (χ2v) is 6.04. The summed E-state index contributed by atoms with van der Waals surface area (Å²) in [7, 11) is 1.62. The SMILES string of the molecule is Cc1[nH]cnc1C(=O)NCCC1CN(c2cnn(C)c(=O)c2)CCO1. The first kappa shape index (κ1) is 17.2. The highest BCUT2D eigenvalue weighted by Crippen LogP contribution is 2.16. The van der Waals surface area contributed by atoms with E-state index in [0.29, 0.717) is 38.4 Å². The summed E-state index contributed by atoms with van der Waals surface area (Å²) in [6, 6.07) is 1.58. The molecule has 134 valence electrons. The number of carbonyl (C=O) groups is 1. The third kappa shape index (κ3) is 4.05. The number of hydrogen-bond donors (Lipinski definition) is 2. The topological polar surface area (TPSA) is 105 Å². The fraction of sp³-hybridized carbons (Fsp3) is 0.500. The van der Waals surface area contributed by atoms with Crippen molar-refractivity contribution in [2.24, 2.45) is 7.05 Å². The standard InChI is InChI=1S/C16H22N6O3/c1-11-15(19-10-18-11)16(24)17-4-3-13-9-22(5-6-25-13)12-7-14(23)21(2)20-8-12/h7-8,10,13H,3-6,9H2,1-2H3,(H,17,24)(H,18,19). The molecule has 3 heterocycles. The maximum absolute atomic E-state index is 12.0. The smallest absolute Gasteiger partial charge is 0.271 e. The lowest BCUT2D eigenvalue weighted by Crippen LogP contribution is -2.44. The Hall–Kier alpha value is -2.68. The third-order valence-corrected chi connectivity index (χ3v) is 4.25. The minimum absolute atomic E-state index is 0.0154. The zero-order valence-corrected chi connectivity index (χ0v) is 14.4. The summed E-state index contributed by atoms with van der Waals surface area (Å²) in [5.41, 5.74) is 1.82. The van der Waals surface area contributed by atoms with E-state index in [2.05, 4.69) is 25.3 Å². The monoisotopic (exact) mass is 346 g/mol. The van der Waals surface area contributed by atoms with Gasteiger partial charge >= 0.3 is 0 Å². The fourth-order valence-electron chi connectivity index (χ4n) is 2.78. The van der Waals surface area contributed by atoms with Gasteiger partial charge in [-0.05, 0) is 13.3 Å². The number of carbonyl (C=O) groups excluding carboxylic acids is 1. The normalized spacial score (nSPS) is 17.5. The van der Waals surface area contributed by atoms with Crippen LogP contribution in [0.4, 0.5) is 5.69 Å². The van der Waals surface area contributed by atoms with E-state index in [4.69, 9.17) is 4.74 Å². The van der Waals surface area contributed by atoms with Crippen LogP contribution in [0, 0.1) is 6.92 Å². The van der Waals surface area contributed by atoms with Gasteiger partial charge in [-0.1, -0.05) is 0 Å². The fourth-order valence-corrected chi connectivity index (χ4v) is 2.78. The summed E-state index contributed by atoms with van der Waals surface area (Å²) < 4.78 is 7.06. The third-order valence-electron chi connectivity index (χ3n) is 4.25. The molecule has 0 aliphatic carbocycles. The van der Waals surface area contributed by atoms with Crippen LogP contribution in [0.2, 0.25) is 0 Å². The first-order valence-corrected chi connectivity index (χ1v) is 8.22. The molecule has 0 spiro atoms. The Morgan fingerprint density at radius 1 is 1.52 bits per heavy atom. The summed E-state index contributed by atoms with van der Waals surface area (Å²) in [5, 5.41) is 6.91. The quantitative estimate of drug-likeness (QED) is 0.779. The number of hydrogen-bond acceptors (Lipinski definition) is 6. The Bertz CT molecular complexity index is 799. The molecule has 9 heteroatoms. The van der Waals surface area contributed by atoms with Crippen LogP contribution in [0.1, 0.15) is 22.6 Å². The molecule has 2 aromatic heterocycles. The number of aromatic nitrogens is 4. The number of rotatable bonds is 5. The van der Waals surface area contributed by atoms with Crippen LogP contribution in [0.25, 0.3) is 0 Å². The van der Waals surface area contributed by atoms with Gasteiger partial charge in [0.05, 0.1) is 30.9 Å². The van der Waals surface area contributed by atoms with Crippen LogP contribution >= 0.6 is 0 Å². The number of morpholine rings is 1. The molecular weight excluding hydrogens is 324 g/mol. The van der Waals surface area contributed by atoms with Crippen LogP contribution in [-0.4, -0.2) is 58.0 Å². The van der Waals surface area contributed by atoms with E-state index in [1.807, 2.05) is 6.92 Å². The summed E-state index contributed by atoms with van der Waals surface area (Å²) in [6.07, 6.45) is 3.86. The van der Waals surface area contributed by atoms with Gasteiger partial charge in [0, 0.05) is 38.4 Å². The number of amides is 1. The first-order valence-electron chi connectivity index (χ1n) is 8.22. The average Bonchev–Trinajstić information content (AvgIpc) is 3.04. The van der Waals surface area contributed by atoms with E-state index in [-0.39, 0.29) is 17.6 Å². The van der Waals surface area contributed by atoms with Crippen molar-refractivity contribution >= 4 is 11.6 Å². The molecule has 9 nitrogen and oxygen atoms in total. The molecule has 2 N–H and O–H groups in total. The second-order valence-electron chi connectivity index (χ2n) is 6.04. The Morgan fingerprint density at radius 3 is 3.08 bits per heavy atom. The number of aryl methyl sites for hydroxylation is 2. The lowest BCUT2D eigenvalue weighted by Gasteiger charge is -2.34. The molecule has 1 amide bonds. The van der Waals surface area contributed by atoms with E-state index < -0.39 is 0 Å². The number of anilines is 1. The van der Waals surface area contributed by atoms with Crippen molar-refractivity contribution in [3.05, 3.63) is 40.3 Å². The first-order chi connectivity index (χ1) is 12.0. The van der Waals surface area contributed by atoms with Gasteiger partial charge in [0.15, 0.2) is 0 Å². The van der Waals surface area contributed by atoms with Crippen molar-refractivity contribution in [2.75, 3.05) is 31.1 Å². The van der Waals surface area contributed by atoms with E-state index in [9.17, 15) is 9.59 Å². The zero-order chi connectivity index (χ0) is 17.8. The lowest BCUT2D eigenvalue weighted by atomic mass is 10.2. The average molecular weight is 346 g/mol. The molecule has 1 aliphatic rings. The molecule has 1 fully saturated rings. The van der Waals surface area contributed by atoms with Gasteiger partial charge in [0.1, 0.15) is 5.69 Å². The van der Waals surface area contributed by atoms with Gasteiger partial charge in [0.2, 0.25) is 0 Å². The Labute approximate surface area is 145 Å². The van der Waals surface area contributed by atoms with Gasteiger partial charge in [-0.15, -0.1) is 0 Å². The highest BCUT2D eigenvalue weighted by molar-refractivity contribution is 5.93. The minimum atomic E-state index is -0.192. The molecule has 0 saturated carbocycles. The van der Waals surface area contributed by atoms with Crippen molar-refractivity contribution < 1.29 is 9.53 Å². The molecule has 0 radical (unpaired) electrons. The van der Waals surface area contributed by atoms with Crippen molar-refractivity contribution in [2.45, 2.75) is 19.4 Å². The van der Waals surface area contributed by atoms with Gasteiger partial charge < -0.3 is 19.9 Å². The highest BCUT2D eigenvalue weighted by atomic mass is 16.5. The highest BCUT2D eigenvalue weighted by Gasteiger charge is 2.21.